The molecule has 2 fully saturated rings. The molecule has 10 nitrogen and oxygen atoms in total. The number of fused-ring (bicyclic) bond motifs is 3. The molecular formula is C37H44N4O6. The molecular weight excluding hydrogens is 596 g/mol. The fraction of sp³-hybridized carbons (Fsp3) is 0.459. The molecule has 5 atom stereocenters. The van der Waals surface area contributed by atoms with Crippen LogP contribution in [-0.4, -0.2) is 78.8 Å². The lowest BCUT2D eigenvalue weighted by molar-refractivity contribution is -0.154. The van der Waals surface area contributed by atoms with Crippen LogP contribution in [0.2, 0.25) is 0 Å². The van der Waals surface area contributed by atoms with Crippen molar-refractivity contribution in [2.24, 2.45) is 17.8 Å². The number of carbonyl (C=O) groups excluding carboxylic acids is 3. The Bertz CT molecular complexity index is 1660. The molecule has 6 rings (SSSR count). The van der Waals surface area contributed by atoms with Gasteiger partial charge in [-0.1, -0.05) is 42.5 Å². The number of aromatic nitrogens is 1. The highest BCUT2D eigenvalue weighted by Gasteiger charge is 2.62. The van der Waals surface area contributed by atoms with Crippen molar-refractivity contribution in [3.05, 3.63) is 66.7 Å². The van der Waals surface area contributed by atoms with Gasteiger partial charge in [0.1, 0.15) is 23.1 Å². The van der Waals surface area contributed by atoms with Crippen LogP contribution in [0.1, 0.15) is 45.4 Å². The van der Waals surface area contributed by atoms with Crippen LogP contribution in [0.5, 0.6) is 11.5 Å². The molecule has 2 aliphatic carbocycles. The van der Waals surface area contributed by atoms with Gasteiger partial charge in [-0.15, -0.1) is 0 Å². The molecule has 2 amide bonds. The van der Waals surface area contributed by atoms with Gasteiger partial charge in [0, 0.05) is 49.6 Å². The van der Waals surface area contributed by atoms with Crippen molar-refractivity contribution in [2.45, 2.75) is 57.1 Å². The molecule has 2 unspecified atom stereocenters. The van der Waals surface area contributed by atoms with E-state index in [1.165, 1.54) is 0 Å². The maximum Gasteiger partial charge on any atom is 0.332 e. The average molecular weight is 641 g/mol. The second kappa shape index (κ2) is 13.7. The van der Waals surface area contributed by atoms with Gasteiger partial charge in [0.15, 0.2) is 0 Å². The van der Waals surface area contributed by atoms with Crippen LogP contribution in [0.4, 0.5) is 0 Å². The van der Waals surface area contributed by atoms with Crippen molar-refractivity contribution in [1.29, 1.82) is 0 Å². The molecule has 2 saturated carbocycles. The number of esters is 1. The second-order valence-corrected chi connectivity index (χ2v) is 12.9. The molecule has 1 N–H and O–H groups in total. The Balaban J connectivity index is 1.35. The van der Waals surface area contributed by atoms with Crippen molar-refractivity contribution in [3.8, 4) is 22.8 Å². The van der Waals surface area contributed by atoms with Crippen molar-refractivity contribution in [3.63, 3.8) is 0 Å². The lowest BCUT2D eigenvalue weighted by Crippen LogP contribution is -2.51. The summed E-state index contributed by atoms with van der Waals surface area (Å²) in [5.74, 6) is -0.989. The summed E-state index contributed by atoms with van der Waals surface area (Å²) in [6.45, 7) is 2.55. The van der Waals surface area contributed by atoms with Gasteiger partial charge in [0.2, 0.25) is 11.8 Å². The molecule has 3 aromatic rings. The Morgan fingerprint density at radius 1 is 1.06 bits per heavy atom. The van der Waals surface area contributed by atoms with E-state index in [4.69, 9.17) is 19.2 Å². The fourth-order valence-electron chi connectivity index (χ4n) is 6.99. The number of nitrogens with one attached hydrogen (secondary N) is 1. The van der Waals surface area contributed by atoms with E-state index in [-0.39, 0.29) is 24.3 Å². The van der Waals surface area contributed by atoms with E-state index < -0.39 is 29.4 Å². The molecule has 1 aliphatic heterocycles. The van der Waals surface area contributed by atoms with Crippen molar-refractivity contribution in [2.75, 3.05) is 34.4 Å². The number of carbonyl (C=O) groups is 3. The predicted octanol–water partition coefficient (Wildman–Crippen LogP) is 5.17. The van der Waals surface area contributed by atoms with Crippen LogP contribution in [-0.2, 0) is 19.1 Å². The van der Waals surface area contributed by atoms with Crippen LogP contribution >= 0.6 is 0 Å². The Morgan fingerprint density at radius 2 is 1.85 bits per heavy atom. The molecule has 3 aliphatic rings. The number of nitrogens with zero attached hydrogens (tertiary/aromatic N) is 3. The SMILES string of the molecule is CCOC(=O)C12CC1C=CCCCCN(N(C)C)C(=O)[C@@H]1C[C@H](Oc3cc(-c4ccccc4)nc4cc(OC)ccc34)C[C@H]1C(=O)N2. The highest BCUT2D eigenvalue weighted by atomic mass is 16.5. The Hall–Kier alpha value is -4.44. The maximum absolute atomic E-state index is 14.2. The van der Waals surface area contributed by atoms with E-state index in [2.05, 4.69) is 11.4 Å². The largest absolute Gasteiger partial charge is 0.497 e. The van der Waals surface area contributed by atoms with Gasteiger partial charge in [0.05, 0.1) is 36.8 Å². The molecule has 0 radical (unpaired) electrons. The Kier molecular flexibility index (Phi) is 9.50. The number of pyridine rings is 1. The number of hydrogen-bond acceptors (Lipinski definition) is 8. The highest BCUT2D eigenvalue weighted by molar-refractivity contribution is 5.95. The molecule has 2 heterocycles. The summed E-state index contributed by atoms with van der Waals surface area (Å²) in [5, 5.41) is 7.43. The van der Waals surface area contributed by atoms with Crippen molar-refractivity contribution in [1.82, 2.24) is 20.3 Å². The number of methoxy groups -OCH3 is 1. The highest BCUT2D eigenvalue weighted by Crippen LogP contribution is 2.47. The van der Waals surface area contributed by atoms with Gasteiger partial charge in [-0.05, 0) is 57.6 Å². The summed E-state index contributed by atoms with van der Waals surface area (Å²) < 4.78 is 17.6. The molecule has 1 aromatic heterocycles. The van der Waals surface area contributed by atoms with E-state index >= 15 is 0 Å². The van der Waals surface area contributed by atoms with E-state index in [1.807, 2.05) is 74.8 Å². The zero-order chi connectivity index (χ0) is 33.1. The van der Waals surface area contributed by atoms with Crippen LogP contribution in [0.15, 0.2) is 66.7 Å². The normalized spacial score (nSPS) is 26.3. The number of ether oxygens (including phenoxy) is 3. The maximum atomic E-state index is 14.2. The van der Waals surface area contributed by atoms with Crippen LogP contribution in [0.25, 0.3) is 22.2 Å². The minimum Gasteiger partial charge on any atom is -0.497 e. The van der Waals surface area contributed by atoms with Crippen LogP contribution < -0.4 is 14.8 Å². The summed E-state index contributed by atoms with van der Waals surface area (Å²) in [5.41, 5.74) is 1.30. The summed E-state index contributed by atoms with van der Waals surface area (Å²) in [4.78, 5) is 46.5. The zero-order valence-corrected chi connectivity index (χ0v) is 27.6. The van der Waals surface area contributed by atoms with Gasteiger partial charge < -0.3 is 19.5 Å². The molecule has 0 bridgehead atoms. The summed E-state index contributed by atoms with van der Waals surface area (Å²) >= 11 is 0. The van der Waals surface area contributed by atoms with E-state index in [9.17, 15) is 14.4 Å². The monoisotopic (exact) mass is 640 g/mol. The molecule has 2 aromatic carbocycles. The third kappa shape index (κ3) is 6.70. The fourth-order valence-corrected chi connectivity index (χ4v) is 6.99. The summed E-state index contributed by atoms with van der Waals surface area (Å²) in [7, 11) is 5.33. The van der Waals surface area contributed by atoms with E-state index in [1.54, 1.807) is 24.1 Å². The number of amides is 2. The molecule has 10 heteroatoms. The van der Waals surface area contributed by atoms with Crippen LogP contribution in [0.3, 0.4) is 0 Å². The number of rotatable bonds is 7. The zero-order valence-electron chi connectivity index (χ0n) is 27.6. The lowest BCUT2D eigenvalue weighted by Gasteiger charge is -2.33. The molecule has 0 saturated heterocycles. The van der Waals surface area contributed by atoms with Gasteiger partial charge in [-0.3, -0.25) is 14.6 Å². The minimum atomic E-state index is -1.10. The van der Waals surface area contributed by atoms with E-state index in [0.717, 1.165) is 35.9 Å². The first-order valence-corrected chi connectivity index (χ1v) is 16.6. The van der Waals surface area contributed by atoms with E-state index in [0.29, 0.717) is 42.8 Å². The minimum absolute atomic E-state index is 0.110. The number of hydrazine groups is 1. The predicted molar refractivity (Wildman–Crippen MR) is 178 cm³/mol. The van der Waals surface area contributed by atoms with Crippen molar-refractivity contribution >= 4 is 28.7 Å². The first kappa shape index (κ1) is 32.5. The number of allylic oxidation sites excluding steroid dienone is 1. The summed E-state index contributed by atoms with van der Waals surface area (Å²) in [6, 6.07) is 17.5. The molecule has 248 valence electrons. The Morgan fingerprint density at radius 3 is 2.60 bits per heavy atom. The third-order valence-electron chi connectivity index (χ3n) is 9.61. The van der Waals surface area contributed by atoms with Gasteiger partial charge in [0.25, 0.3) is 0 Å². The standard InChI is InChI=1S/C37H44N4O6/c1-5-46-36(44)37-23-25(37)15-11-6-7-12-18-41(40(2)3)35(43)30-20-27(19-29(30)34(42)39-37)47-33-22-31(24-13-9-8-10-14-24)38-32-21-26(45-4)16-17-28(32)33/h8-11,13-17,21-22,25,27,29-30H,5-7,12,18-20,23H2,1-4H3,(H,39,42)/t25?,27-,29-,30-,37?/m1/s1. The lowest BCUT2D eigenvalue weighted by atomic mass is 9.93. The Labute approximate surface area is 276 Å². The molecule has 0 spiro atoms. The quantitative estimate of drug-likeness (QED) is 0.279. The number of benzene rings is 2. The summed E-state index contributed by atoms with van der Waals surface area (Å²) in [6.07, 6.45) is 7.40. The first-order chi connectivity index (χ1) is 22.7. The third-order valence-corrected chi connectivity index (χ3v) is 9.61. The number of hydrogen-bond donors (Lipinski definition) is 1. The first-order valence-electron chi connectivity index (χ1n) is 16.6. The molecule has 47 heavy (non-hydrogen) atoms. The van der Waals surface area contributed by atoms with Crippen molar-refractivity contribution < 1.29 is 28.6 Å². The van der Waals surface area contributed by atoms with Gasteiger partial charge in [-0.25, -0.2) is 14.8 Å². The van der Waals surface area contributed by atoms with Gasteiger partial charge in [-0.2, -0.15) is 0 Å². The topological polar surface area (TPSA) is 110 Å². The second-order valence-electron chi connectivity index (χ2n) is 12.9. The average Bonchev–Trinajstić information content (AvgIpc) is 3.60. The van der Waals surface area contributed by atoms with Crippen LogP contribution in [0, 0.1) is 17.8 Å². The van der Waals surface area contributed by atoms with Gasteiger partial charge >= 0.3 is 5.97 Å². The smallest absolute Gasteiger partial charge is 0.332 e.